The number of anilines is 1. The Hall–Kier alpha value is -3.36. The second-order valence-corrected chi connectivity index (χ2v) is 5.21. The highest BCUT2D eigenvalue weighted by molar-refractivity contribution is 6.04. The summed E-state index contributed by atoms with van der Waals surface area (Å²) in [5.74, 6) is -0.0627. The van der Waals surface area contributed by atoms with E-state index >= 15 is 0 Å². The summed E-state index contributed by atoms with van der Waals surface area (Å²) in [6.07, 6.45) is 0.186. The van der Waals surface area contributed by atoms with Crippen molar-refractivity contribution in [3.8, 4) is 11.6 Å². The number of hydrogen-bond donors (Lipinski definition) is 1. The third-order valence-electron chi connectivity index (χ3n) is 3.28. The lowest BCUT2D eigenvalue weighted by Crippen LogP contribution is -2.20. The molecule has 1 amide bonds. The molecular formula is C17H13F3N4O2. The number of carbonyl (C=O) groups excluding carboxylic acids is 1. The van der Waals surface area contributed by atoms with Gasteiger partial charge in [0.1, 0.15) is 5.75 Å². The highest BCUT2D eigenvalue weighted by atomic mass is 19.4. The monoisotopic (exact) mass is 362 g/mol. The van der Waals surface area contributed by atoms with E-state index in [2.05, 4.69) is 15.4 Å². The van der Waals surface area contributed by atoms with Crippen molar-refractivity contribution in [2.24, 2.45) is 0 Å². The first kappa shape index (κ1) is 17.5. The molecule has 0 spiro atoms. The van der Waals surface area contributed by atoms with Gasteiger partial charge in [0.2, 0.25) is 0 Å². The van der Waals surface area contributed by atoms with Crippen LogP contribution in [0.25, 0.3) is 5.82 Å². The Kier molecular flexibility index (Phi) is 4.87. The average molecular weight is 362 g/mol. The van der Waals surface area contributed by atoms with E-state index in [1.165, 1.54) is 29.1 Å². The van der Waals surface area contributed by atoms with Gasteiger partial charge < -0.3 is 10.1 Å². The third-order valence-corrected chi connectivity index (χ3v) is 3.28. The van der Waals surface area contributed by atoms with E-state index in [0.29, 0.717) is 5.82 Å². The summed E-state index contributed by atoms with van der Waals surface area (Å²) in [7, 11) is 0. The number of alkyl halides is 3. The molecule has 3 rings (SSSR count). The van der Waals surface area contributed by atoms with Crippen LogP contribution in [0, 0.1) is 0 Å². The van der Waals surface area contributed by atoms with E-state index in [4.69, 9.17) is 4.74 Å². The van der Waals surface area contributed by atoms with Crippen LogP contribution in [0.3, 0.4) is 0 Å². The first-order chi connectivity index (χ1) is 12.4. The highest BCUT2D eigenvalue weighted by Gasteiger charge is 2.28. The topological polar surface area (TPSA) is 69.0 Å². The van der Waals surface area contributed by atoms with Crippen LogP contribution in [-0.4, -0.2) is 33.5 Å². The van der Waals surface area contributed by atoms with Crippen molar-refractivity contribution >= 4 is 11.6 Å². The average Bonchev–Trinajstić information content (AvgIpc) is 3.15. The summed E-state index contributed by atoms with van der Waals surface area (Å²) in [6, 6.07) is 10.8. The summed E-state index contributed by atoms with van der Waals surface area (Å²) in [5.41, 5.74) is 0.379. The van der Waals surface area contributed by atoms with E-state index in [-0.39, 0.29) is 17.0 Å². The molecule has 0 unspecified atom stereocenters. The maximum atomic E-state index is 12.3. The number of rotatable bonds is 5. The van der Waals surface area contributed by atoms with Gasteiger partial charge in [-0.15, -0.1) is 0 Å². The van der Waals surface area contributed by atoms with E-state index in [1.807, 2.05) is 0 Å². The molecule has 0 bridgehead atoms. The molecule has 0 aliphatic carbocycles. The van der Waals surface area contributed by atoms with Crippen molar-refractivity contribution < 1.29 is 22.7 Å². The van der Waals surface area contributed by atoms with Crippen molar-refractivity contribution in [2.75, 3.05) is 11.9 Å². The maximum absolute atomic E-state index is 12.3. The molecule has 0 aliphatic heterocycles. The number of amides is 1. The molecule has 134 valence electrons. The number of nitrogens with zero attached hydrogens (tertiary/aromatic N) is 3. The largest absolute Gasteiger partial charge is 0.482 e. The SMILES string of the molecule is O=C(Nc1ccccc1OCC(F)(F)F)c1ccc(-n2cccn2)nc1. The summed E-state index contributed by atoms with van der Waals surface area (Å²) < 4.78 is 43.3. The first-order valence-corrected chi connectivity index (χ1v) is 7.48. The Morgan fingerprint density at radius 3 is 2.62 bits per heavy atom. The number of aromatic nitrogens is 3. The van der Waals surface area contributed by atoms with Gasteiger partial charge in [-0.2, -0.15) is 18.3 Å². The number of nitrogens with one attached hydrogen (secondary N) is 1. The number of para-hydroxylation sites is 2. The summed E-state index contributed by atoms with van der Waals surface area (Å²) in [5, 5.41) is 6.55. The third kappa shape index (κ3) is 4.38. The molecule has 0 saturated carbocycles. The van der Waals surface area contributed by atoms with Crippen LogP contribution in [0.1, 0.15) is 10.4 Å². The van der Waals surface area contributed by atoms with Gasteiger partial charge in [0.05, 0.1) is 11.3 Å². The maximum Gasteiger partial charge on any atom is 0.422 e. The minimum absolute atomic E-state index is 0.0701. The van der Waals surface area contributed by atoms with Gasteiger partial charge in [0, 0.05) is 18.6 Å². The summed E-state index contributed by atoms with van der Waals surface area (Å²) in [6.45, 7) is -1.44. The van der Waals surface area contributed by atoms with Crippen molar-refractivity contribution in [3.05, 3.63) is 66.6 Å². The molecule has 9 heteroatoms. The van der Waals surface area contributed by atoms with E-state index in [9.17, 15) is 18.0 Å². The van der Waals surface area contributed by atoms with E-state index in [0.717, 1.165) is 0 Å². The standard InChI is InChI=1S/C17H13F3N4O2/c18-17(19,20)11-26-14-5-2-1-4-13(14)23-16(25)12-6-7-15(21-10-12)24-9-3-8-22-24/h1-10H,11H2,(H,23,25). The Bertz CT molecular complexity index is 878. The lowest BCUT2D eigenvalue weighted by molar-refractivity contribution is -0.153. The zero-order valence-corrected chi connectivity index (χ0v) is 13.3. The number of hydrogen-bond acceptors (Lipinski definition) is 4. The lowest BCUT2D eigenvalue weighted by atomic mass is 10.2. The van der Waals surface area contributed by atoms with Crippen molar-refractivity contribution in [1.29, 1.82) is 0 Å². The van der Waals surface area contributed by atoms with Gasteiger partial charge in [-0.05, 0) is 30.3 Å². The molecule has 26 heavy (non-hydrogen) atoms. The number of halogens is 3. The van der Waals surface area contributed by atoms with Gasteiger partial charge in [-0.25, -0.2) is 9.67 Å². The fraction of sp³-hybridized carbons (Fsp3) is 0.118. The molecule has 1 N–H and O–H groups in total. The van der Waals surface area contributed by atoms with Crippen LogP contribution in [0.2, 0.25) is 0 Å². The van der Waals surface area contributed by atoms with E-state index < -0.39 is 18.7 Å². The molecule has 2 aromatic heterocycles. The minimum atomic E-state index is -4.47. The van der Waals surface area contributed by atoms with Gasteiger partial charge in [0.15, 0.2) is 12.4 Å². The fourth-order valence-electron chi connectivity index (χ4n) is 2.11. The number of carbonyl (C=O) groups is 1. The zero-order chi connectivity index (χ0) is 18.6. The second kappa shape index (κ2) is 7.26. The van der Waals surface area contributed by atoms with Crippen LogP contribution in [0.15, 0.2) is 61.1 Å². The van der Waals surface area contributed by atoms with Crippen molar-refractivity contribution in [1.82, 2.24) is 14.8 Å². The normalized spacial score (nSPS) is 11.2. The molecular weight excluding hydrogens is 349 g/mol. The molecule has 1 aromatic carbocycles. The predicted molar refractivity (Wildman–Crippen MR) is 87.3 cm³/mol. The Morgan fingerprint density at radius 1 is 1.15 bits per heavy atom. The Labute approximate surface area is 146 Å². The van der Waals surface area contributed by atoms with Gasteiger partial charge in [0.25, 0.3) is 5.91 Å². The molecule has 2 heterocycles. The van der Waals surface area contributed by atoms with Gasteiger partial charge >= 0.3 is 6.18 Å². The van der Waals surface area contributed by atoms with Crippen molar-refractivity contribution in [2.45, 2.75) is 6.18 Å². The van der Waals surface area contributed by atoms with Gasteiger partial charge in [-0.1, -0.05) is 12.1 Å². The highest BCUT2D eigenvalue weighted by Crippen LogP contribution is 2.26. The minimum Gasteiger partial charge on any atom is -0.482 e. The lowest BCUT2D eigenvalue weighted by Gasteiger charge is -2.13. The molecule has 6 nitrogen and oxygen atoms in total. The number of pyridine rings is 1. The number of benzene rings is 1. The molecule has 0 aliphatic rings. The van der Waals surface area contributed by atoms with E-state index in [1.54, 1.807) is 36.7 Å². The molecule has 3 aromatic rings. The fourth-order valence-corrected chi connectivity index (χ4v) is 2.11. The zero-order valence-electron chi connectivity index (χ0n) is 13.3. The van der Waals surface area contributed by atoms with Crippen LogP contribution in [0.5, 0.6) is 5.75 Å². The molecule has 0 saturated heterocycles. The summed E-state index contributed by atoms with van der Waals surface area (Å²) >= 11 is 0. The van der Waals surface area contributed by atoms with Crippen LogP contribution < -0.4 is 10.1 Å². The van der Waals surface area contributed by atoms with Crippen LogP contribution in [0.4, 0.5) is 18.9 Å². The van der Waals surface area contributed by atoms with Gasteiger partial charge in [-0.3, -0.25) is 4.79 Å². The number of ether oxygens (including phenoxy) is 1. The second-order valence-electron chi connectivity index (χ2n) is 5.21. The molecule has 0 radical (unpaired) electrons. The van der Waals surface area contributed by atoms with Crippen LogP contribution >= 0.6 is 0 Å². The smallest absolute Gasteiger partial charge is 0.422 e. The Balaban J connectivity index is 1.72. The molecule has 0 fully saturated rings. The predicted octanol–water partition coefficient (Wildman–Crippen LogP) is 3.46. The molecule has 0 atom stereocenters. The first-order valence-electron chi connectivity index (χ1n) is 7.48. The summed E-state index contributed by atoms with van der Waals surface area (Å²) in [4.78, 5) is 16.4. The van der Waals surface area contributed by atoms with Crippen LogP contribution in [-0.2, 0) is 0 Å². The van der Waals surface area contributed by atoms with Crippen molar-refractivity contribution in [3.63, 3.8) is 0 Å². The quantitative estimate of drug-likeness (QED) is 0.755. The Morgan fingerprint density at radius 2 is 1.96 bits per heavy atom.